The summed E-state index contributed by atoms with van der Waals surface area (Å²) in [4.78, 5) is 16.9. The summed E-state index contributed by atoms with van der Waals surface area (Å²) in [6.45, 7) is 4.42. The molecule has 2 aliphatic rings. The topological polar surface area (TPSA) is 79.4 Å². The fourth-order valence-corrected chi connectivity index (χ4v) is 6.31. The van der Waals surface area contributed by atoms with Crippen LogP contribution in [0.3, 0.4) is 0 Å². The van der Waals surface area contributed by atoms with Gasteiger partial charge in [-0.25, -0.2) is 8.42 Å². The van der Waals surface area contributed by atoms with E-state index in [1.54, 1.807) is 37.1 Å². The molecule has 1 aromatic carbocycles. The van der Waals surface area contributed by atoms with Crippen LogP contribution in [0.1, 0.15) is 31.2 Å². The Labute approximate surface area is 186 Å². The van der Waals surface area contributed by atoms with Crippen molar-refractivity contribution in [3.8, 4) is 5.75 Å². The summed E-state index contributed by atoms with van der Waals surface area (Å²) in [7, 11) is 1.85. The Kier molecular flexibility index (Phi) is 7.96. The van der Waals surface area contributed by atoms with Crippen LogP contribution in [-0.4, -0.2) is 94.6 Å². The van der Waals surface area contributed by atoms with Crippen LogP contribution >= 0.6 is 0 Å². The molecule has 0 aromatic heterocycles. The summed E-state index contributed by atoms with van der Waals surface area (Å²) in [6.07, 6.45) is 3.45. The van der Waals surface area contributed by atoms with Crippen molar-refractivity contribution in [3.63, 3.8) is 0 Å². The van der Waals surface area contributed by atoms with Gasteiger partial charge in [0.2, 0.25) is 15.9 Å². The largest absolute Gasteiger partial charge is 0.497 e. The van der Waals surface area contributed by atoms with Gasteiger partial charge in [-0.1, -0.05) is 0 Å². The number of likely N-dealkylation sites (tertiary alicyclic amines) is 1. The number of likely N-dealkylation sites (N-methyl/N-ethyl adjacent to an activating group) is 1. The highest BCUT2D eigenvalue weighted by molar-refractivity contribution is 7.89. The van der Waals surface area contributed by atoms with E-state index >= 15 is 0 Å². The third-order valence-corrected chi connectivity index (χ3v) is 8.57. The smallest absolute Gasteiger partial charge is 0.248 e. The van der Waals surface area contributed by atoms with Gasteiger partial charge in [0.05, 0.1) is 18.6 Å². The maximum absolute atomic E-state index is 13.3. The van der Waals surface area contributed by atoms with Crippen molar-refractivity contribution in [2.24, 2.45) is 0 Å². The Bertz CT molecular complexity index is 868. The van der Waals surface area contributed by atoms with Crippen LogP contribution in [0.5, 0.6) is 5.75 Å². The lowest BCUT2D eigenvalue weighted by atomic mass is 10.0. The van der Waals surface area contributed by atoms with Gasteiger partial charge in [-0.05, 0) is 76.5 Å². The normalized spacial score (nSPS) is 21.4. The summed E-state index contributed by atoms with van der Waals surface area (Å²) in [6, 6.07) is 4.98. The quantitative estimate of drug-likeness (QED) is 0.596. The predicted molar refractivity (Wildman–Crippen MR) is 119 cm³/mol. The number of methoxy groups -OCH3 is 1. The molecular weight excluding hydrogens is 418 g/mol. The Morgan fingerprint density at radius 1 is 1.19 bits per heavy atom. The van der Waals surface area contributed by atoms with Crippen LogP contribution in [0.4, 0.5) is 0 Å². The molecule has 2 aliphatic heterocycles. The number of carbonyl (C=O) groups is 1. The third kappa shape index (κ3) is 5.58. The molecule has 31 heavy (non-hydrogen) atoms. The zero-order valence-electron chi connectivity index (χ0n) is 19.0. The first-order valence-corrected chi connectivity index (χ1v) is 12.4. The molecule has 2 heterocycles. The van der Waals surface area contributed by atoms with Crippen LogP contribution in [0.2, 0.25) is 0 Å². The summed E-state index contributed by atoms with van der Waals surface area (Å²) in [5.74, 6) is 0.581. The fourth-order valence-electron chi connectivity index (χ4n) is 4.43. The summed E-state index contributed by atoms with van der Waals surface area (Å²) in [5.41, 5.74) is 0.654. The second-order valence-electron chi connectivity index (χ2n) is 8.60. The average Bonchev–Trinajstić information content (AvgIpc) is 3.23. The molecule has 1 amide bonds. The molecule has 174 valence electrons. The first-order chi connectivity index (χ1) is 14.7. The van der Waals surface area contributed by atoms with Crippen molar-refractivity contribution >= 4 is 15.9 Å². The number of hydrogen-bond acceptors (Lipinski definition) is 6. The highest BCUT2D eigenvalue weighted by Gasteiger charge is 2.36. The summed E-state index contributed by atoms with van der Waals surface area (Å²) >= 11 is 0. The van der Waals surface area contributed by atoms with Crippen molar-refractivity contribution in [1.82, 2.24) is 14.1 Å². The fraction of sp³-hybridized carbons (Fsp3) is 0.682. The van der Waals surface area contributed by atoms with Gasteiger partial charge >= 0.3 is 0 Å². The molecule has 0 spiro atoms. The van der Waals surface area contributed by atoms with E-state index in [4.69, 9.17) is 9.47 Å². The molecule has 0 radical (unpaired) electrons. The van der Waals surface area contributed by atoms with E-state index in [1.165, 1.54) is 4.31 Å². The molecule has 9 heteroatoms. The number of rotatable bonds is 8. The molecule has 3 rings (SSSR count). The minimum atomic E-state index is -3.64. The van der Waals surface area contributed by atoms with E-state index < -0.39 is 10.0 Å². The zero-order chi connectivity index (χ0) is 22.6. The maximum Gasteiger partial charge on any atom is 0.248 e. The van der Waals surface area contributed by atoms with Gasteiger partial charge in [-0.2, -0.15) is 4.31 Å². The van der Waals surface area contributed by atoms with E-state index in [0.29, 0.717) is 22.8 Å². The molecule has 1 atom stereocenters. The molecule has 0 saturated carbocycles. The van der Waals surface area contributed by atoms with Crippen molar-refractivity contribution in [2.75, 3.05) is 54.1 Å². The molecule has 0 aliphatic carbocycles. The Balaban J connectivity index is 1.56. The number of benzene rings is 1. The van der Waals surface area contributed by atoms with Crippen LogP contribution < -0.4 is 4.74 Å². The number of carbonyl (C=O) groups excluding carboxylic acids is 1. The molecule has 2 saturated heterocycles. The monoisotopic (exact) mass is 453 g/mol. The molecule has 2 fully saturated rings. The number of hydrogen-bond donors (Lipinski definition) is 0. The Morgan fingerprint density at radius 3 is 2.55 bits per heavy atom. The highest BCUT2D eigenvalue weighted by Crippen LogP contribution is 2.29. The van der Waals surface area contributed by atoms with Gasteiger partial charge < -0.3 is 19.3 Å². The minimum absolute atomic E-state index is 0.0191. The molecule has 1 aromatic rings. The van der Waals surface area contributed by atoms with Gasteiger partial charge in [0.25, 0.3) is 0 Å². The molecule has 0 unspecified atom stereocenters. The number of aryl methyl sites for hydroxylation is 1. The lowest BCUT2D eigenvalue weighted by Crippen LogP contribution is -2.46. The lowest BCUT2D eigenvalue weighted by Gasteiger charge is -2.35. The number of ether oxygens (including phenoxy) is 2. The van der Waals surface area contributed by atoms with Crippen LogP contribution in [-0.2, 0) is 19.6 Å². The minimum Gasteiger partial charge on any atom is -0.497 e. The maximum atomic E-state index is 13.3. The Hall–Kier alpha value is -1.68. The van der Waals surface area contributed by atoms with Crippen molar-refractivity contribution < 1.29 is 22.7 Å². The van der Waals surface area contributed by atoms with E-state index in [9.17, 15) is 13.2 Å². The Morgan fingerprint density at radius 2 is 1.90 bits per heavy atom. The van der Waals surface area contributed by atoms with Crippen molar-refractivity contribution in [1.29, 1.82) is 0 Å². The van der Waals surface area contributed by atoms with Crippen molar-refractivity contribution in [3.05, 3.63) is 23.8 Å². The lowest BCUT2D eigenvalue weighted by molar-refractivity contribution is -0.138. The number of nitrogens with zero attached hydrogens (tertiary/aromatic N) is 3. The summed E-state index contributed by atoms with van der Waals surface area (Å²) < 4.78 is 38.9. The average molecular weight is 454 g/mol. The van der Waals surface area contributed by atoms with Gasteiger partial charge in [-0.3, -0.25) is 4.79 Å². The van der Waals surface area contributed by atoms with Gasteiger partial charge in [0, 0.05) is 25.7 Å². The standard InChI is InChI=1S/C22H35N3O5S/c1-17-14-20(29-4)7-8-21(17)31(27,28)25-11-5-6-19(25)15-30-16-22(26)24(3)18-9-12-23(2)13-10-18/h7-8,14,18-19H,5-6,9-13,15-16H2,1-4H3/t19-/m0/s1. The van der Waals surface area contributed by atoms with E-state index in [-0.39, 0.29) is 31.2 Å². The van der Waals surface area contributed by atoms with Crippen molar-refractivity contribution in [2.45, 2.75) is 49.6 Å². The second-order valence-corrected chi connectivity index (χ2v) is 10.5. The number of amides is 1. The van der Waals surface area contributed by atoms with E-state index in [2.05, 4.69) is 11.9 Å². The van der Waals surface area contributed by atoms with Gasteiger partial charge in [0.15, 0.2) is 0 Å². The zero-order valence-corrected chi connectivity index (χ0v) is 19.9. The third-order valence-electron chi connectivity index (χ3n) is 6.46. The number of sulfonamides is 1. The van der Waals surface area contributed by atoms with E-state index in [0.717, 1.165) is 38.8 Å². The van der Waals surface area contributed by atoms with Crippen LogP contribution in [0, 0.1) is 6.92 Å². The van der Waals surface area contributed by atoms with E-state index in [1.807, 2.05) is 7.05 Å². The highest BCUT2D eigenvalue weighted by atomic mass is 32.2. The van der Waals surface area contributed by atoms with Crippen LogP contribution in [0.25, 0.3) is 0 Å². The molecular formula is C22H35N3O5S. The molecule has 8 nitrogen and oxygen atoms in total. The summed E-state index contributed by atoms with van der Waals surface area (Å²) in [5, 5.41) is 0. The van der Waals surface area contributed by atoms with Gasteiger partial charge in [0.1, 0.15) is 12.4 Å². The molecule has 0 N–H and O–H groups in total. The first kappa shape index (κ1) is 24.0. The predicted octanol–water partition coefficient (Wildman–Crippen LogP) is 1.73. The second kappa shape index (κ2) is 10.3. The number of piperidine rings is 1. The van der Waals surface area contributed by atoms with Gasteiger partial charge in [-0.15, -0.1) is 0 Å². The molecule has 0 bridgehead atoms. The first-order valence-electron chi connectivity index (χ1n) is 10.9. The van der Waals surface area contributed by atoms with Crippen LogP contribution in [0.15, 0.2) is 23.1 Å². The SMILES string of the molecule is COc1ccc(S(=O)(=O)N2CCC[C@H]2COCC(=O)N(C)C2CCN(C)CC2)c(C)c1.